The van der Waals surface area contributed by atoms with Gasteiger partial charge in [-0.1, -0.05) is 25.1 Å². The number of benzene rings is 1. The molecule has 0 N–H and O–H groups in total. The number of carbonyl (C=O) groups excluding carboxylic acids is 1. The number of rotatable bonds is 6. The van der Waals surface area contributed by atoms with E-state index in [9.17, 15) is 13.2 Å². The molecule has 2 aliphatic heterocycles. The molecule has 8 heteroatoms. The fourth-order valence-electron chi connectivity index (χ4n) is 4.06. The molecule has 0 aliphatic carbocycles. The summed E-state index contributed by atoms with van der Waals surface area (Å²) in [7, 11) is -3.14. The number of thioether (sulfide) groups is 1. The zero-order valence-corrected chi connectivity index (χ0v) is 17.8. The minimum absolute atomic E-state index is 0.0863. The average Bonchev–Trinajstić information content (AvgIpc) is 3.13. The van der Waals surface area contributed by atoms with Gasteiger partial charge in [-0.3, -0.25) is 9.69 Å². The molecular formula is C19H29N3O3S2. The van der Waals surface area contributed by atoms with E-state index in [1.165, 1.54) is 6.26 Å². The zero-order chi connectivity index (χ0) is 19.5. The molecule has 2 saturated heterocycles. The van der Waals surface area contributed by atoms with Crippen LogP contribution in [-0.2, 0) is 14.8 Å². The molecule has 150 valence electrons. The van der Waals surface area contributed by atoms with Crippen molar-refractivity contribution in [2.24, 2.45) is 0 Å². The zero-order valence-electron chi connectivity index (χ0n) is 16.1. The number of sulfonamides is 1. The number of piperazine rings is 1. The first kappa shape index (κ1) is 20.6. The maximum Gasteiger partial charge on any atom is 0.233 e. The van der Waals surface area contributed by atoms with Gasteiger partial charge in [0.1, 0.15) is 0 Å². The quantitative estimate of drug-likeness (QED) is 0.668. The SMILES string of the molecule is CC[C@@]1(N2CCN(C(=O)CSc3ccccc3)CC2)CCN(S(C)(=O)=O)C1. The Labute approximate surface area is 166 Å². The van der Waals surface area contributed by atoms with Gasteiger partial charge in [-0.2, -0.15) is 0 Å². The maximum absolute atomic E-state index is 12.5. The molecule has 0 aromatic heterocycles. The lowest BCUT2D eigenvalue weighted by Gasteiger charge is -2.45. The van der Waals surface area contributed by atoms with Crippen LogP contribution in [0.3, 0.4) is 0 Å². The maximum atomic E-state index is 12.5. The van der Waals surface area contributed by atoms with Crippen LogP contribution in [0.4, 0.5) is 0 Å². The highest BCUT2D eigenvalue weighted by Gasteiger charge is 2.45. The second-order valence-corrected chi connectivity index (χ2v) is 10.4. The standard InChI is InChI=1S/C19H29N3O3S2/c1-3-19(9-10-22(16-19)27(2,24)25)21-13-11-20(12-14-21)18(23)15-26-17-7-5-4-6-8-17/h4-8H,3,9-16H2,1-2H3/t19-/m1/s1. The first-order valence-electron chi connectivity index (χ1n) is 9.50. The number of amides is 1. The molecule has 0 radical (unpaired) electrons. The minimum Gasteiger partial charge on any atom is -0.339 e. The molecule has 1 aromatic rings. The van der Waals surface area contributed by atoms with Crippen molar-refractivity contribution in [3.8, 4) is 0 Å². The summed E-state index contributed by atoms with van der Waals surface area (Å²) in [6.45, 7) is 6.36. The fourth-order valence-corrected chi connectivity index (χ4v) is 5.78. The Balaban J connectivity index is 1.52. The Bertz CT molecular complexity index is 749. The van der Waals surface area contributed by atoms with E-state index in [0.29, 0.717) is 18.8 Å². The lowest BCUT2D eigenvalue weighted by Crippen LogP contribution is -2.59. The van der Waals surface area contributed by atoms with Crippen LogP contribution in [0.5, 0.6) is 0 Å². The summed E-state index contributed by atoms with van der Waals surface area (Å²) in [6.07, 6.45) is 3.09. The lowest BCUT2D eigenvalue weighted by atomic mass is 9.92. The molecule has 27 heavy (non-hydrogen) atoms. The van der Waals surface area contributed by atoms with Gasteiger partial charge in [-0.25, -0.2) is 12.7 Å². The van der Waals surface area contributed by atoms with Crippen molar-refractivity contribution < 1.29 is 13.2 Å². The van der Waals surface area contributed by atoms with Gasteiger partial charge in [0.05, 0.1) is 12.0 Å². The smallest absolute Gasteiger partial charge is 0.233 e. The third-order valence-electron chi connectivity index (χ3n) is 5.83. The van der Waals surface area contributed by atoms with Crippen LogP contribution in [-0.4, -0.2) is 85.2 Å². The molecular weight excluding hydrogens is 382 g/mol. The molecule has 2 heterocycles. The molecule has 1 amide bonds. The van der Waals surface area contributed by atoms with Crippen LogP contribution in [0.15, 0.2) is 35.2 Å². The van der Waals surface area contributed by atoms with Crippen LogP contribution >= 0.6 is 11.8 Å². The highest BCUT2D eigenvalue weighted by atomic mass is 32.2. The highest BCUT2D eigenvalue weighted by molar-refractivity contribution is 8.00. The Kier molecular flexibility index (Phi) is 6.50. The second-order valence-electron chi connectivity index (χ2n) is 7.39. The van der Waals surface area contributed by atoms with Crippen molar-refractivity contribution >= 4 is 27.7 Å². The van der Waals surface area contributed by atoms with Crippen molar-refractivity contribution in [3.05, 3.63) is 30.3 Å². The van der Waals surface area contributed by atoms with E-state index in [1.54, 1.807) is 16.1 Å². The normalized spacial score (nSPS) is 25.0. The predicted octanol–water partition coefficient (Wildman–Crippen LogP) is 1.74. The van der Waals surface area contributed by atoms with Gasteiger partial charge in [0.2, 0.25) is 15.9 Å². The topological polar surface area (TPSA) is 60.9 Å². The summed E-state index contributed by atoms with van der Waals surface area (Å²) >= 11 is 1.58. The van der Waals surface area contributed by atoms with Crippen molar-refractivity contribution in [1.29, 1.82) is 0 Å². The molecule has 1 atom stereocenters. The monoisotopic (exact) mass is 411 g/mol. The molecule has 1 aromatic carbocycles. The molecule has 0 unspecified atom stereocenters. The Morgan fingerprint density at radius 1 is 1.11 bits per heavy atom. The third-order valence-corrected chi connectivity index (χ3v) is 8.08. The minimum atomic E-state index is -3.14. The molecule has 0 saturated carbocycles. The van der Waals surface area contributed by atoms with Crippen molar-refractivity contribution in [2.75, 3.05) is 51.3 Å². The molecule has 6 nitrogen and oxygen atoms in total. The van der Waals surface area contributed by atoms with Crippen molar-refractivity contribution in [3.63, 3.8) is 0 Å². The van der Waals surface area contributed by atoms with Crippen LogP contribution in [0.2, 0.25) is 0 Å². The van der Waals surface area contributed by atoms with E-state index in [-0.39, 0.29) is 11.4 Å². The van der Waals surface area contributed by atoms with E-state index in [1.807, 2.05) is 35.2 Å². The number of hydrogen-bond donors (Lipinski definition) is 0. The van der Waals surface area contributed by atoms with Gasteiger partial charge < -0.3 is 4.90 Å². The predicted molar refractivity (Wildman–Crippen MR) is 109 cm³/mol. The van der Waals surface area contributed by atoms with Gasteiger partial charge in [0.15, 0.2) is 0 Å². The van der Waals surface area contributed by atoms with Crippen molar-refractivity contribution in [2.45, 2.75) is 30.2 Å². The highest BCUT2D eigenvalue weighted by Crippen LogP contribution is 2.33. The largest absolute Gasteiger partial charge is 0.339 e. The van der Waals surface area contributed by atoms with Crippen LogP contribution in [0.1, 0.15) is 19.8 Å². The summed E-state index contributed by atoms with van der Waals surface area (Å²) in [6, 6.07) is 9.99. The summed E-state index contributed by atoms with van der Waals surface area (Å²) in [5.74, 6) is 0.642. The van der Waals surface area contributed by atoms with Gasteiger partial charge in [0.25, 0.3) is 0 Å². The first-order chi connectivity index (χ1) is 12.8. The van der Waals surface area contributed by atoms with Gasteiger partial charge in [-0.15, -0.1) is 11.8 Å². The number of carbonyl (C=O) groups is 1. The van der Waals surface area contributed by atoms with Gasteiger partial charge in [-0.05, 0) is 25.0 Å². The first-order valence-corrected chi connectivity index (χ1v) is 12.3. The second kappa shape index (κ2) is 8.51. The van der Waals surface area contributed by atoms with E-state index in [2.05, 4.69) is 11.8 Å². The Morgan fingerprint density at radius 3 is 2.33 bits per heavy atom. The van der Waals surface area contributed by atoms with Gasteiger partial charge >= 0.3 is 0 Å². The number of hydrogen-bond acceptors (Lipinski definition) is 5. The third kappa shape index (κ3) is 4.85. The molecule has 2 aliphatic rings. The average molecular weight is 412 g/mol. The van der Waals surface area contributed by atoms with Crippen LogP contribution < -0.4 is 0 Å². The molecule has 2 fully saturated rings. The molecule has 3 rings (SSSR count). The van der Waals surface area contributed by atoms with Crippen LogP contribution in [0, 0.1) is 0 Å². The summed E-state index contributed by atoms with van der Waals surface area (Å²) in [5, 5.41) is 0. The fraction of sp³-hybridized carbons (Fsp3) is 0.632. The van der Waals surface area contributed by atoms with Gasteiger partial charge in [0, 0.05) is 49.7 Å². The Hall–Kier alpha value is -1.09. The van der Waals surface area contributed by atoms with E-state index in [0.717, 1.165) is 43.9 Å². The molecule has 0 bridgehead atoms. The van der Waals surface area contributed by atoms with E-state index in [4.69, 9.17) is 0 Å². The summed E-state index contributed by atoms with van der Waals surface area (Å²) in [4.78, 5) is 18.0. The summed E-state index contributed by atoms with van der Waals surface area (Å²) < 4.78 is 25.4. The van der Waals surface area contributed by atoms with Crippen molar-refractivity contribution in [1.82, 2.24) is 14.1 Å². The van der Waals surface area contributed by atoms with Crippen LogP contribution in [0.25, 0.3) is 0 Å². The number of nitrogens with zero attached hydrogens (tertiary/aromatic N) is 3. The summed E-state index contributed by atoms with van der Waals surface area (Å²) in [5.41, 5.74) is -0.0863. The van der Waals surface area contributed by atoms with E-state index >= 15 is 0 Å². The lowest BCUT2D eigenvalue weighted by molar-refractivity contribution is -0.131. The Morgan fingerprint density at radius 2 is 1.78 bits per heavy atom. The van der Waals surface area contributed by atoms with E-state index < -0.39 is 10.0 Å². The molecule has 0 spiro atoms.